The van der Waals surface area contributed by atoms with Gasteiger partial charge in [-0.05, 0) is 38.8 Å². The Morgan fingerprint density at radius 1 is 1.47 bits per heavy atom. The first-order chi connectivity index (χ1) is 7.31. The van der Waals surface area contributed by atoms with Crippen molar-refractivity contribution in [2.45, 2.75) is 25.8 Å². The lowest BCUT2D eigenvalue weighted by molar-refractivity contribution is 0.0975. The van der Waals surface area contributed by atoms with Gasteiger partial charge in [-0.25, -0.2) is 4.98 Å². The van der Waals surface area contributed by atoms with Crippen molar-refractivity contribution in [2.75, 3.05) is 25.0 Å². The number of aryl methyl sites for hydroxylation is 1. The Morgan fingerprint density at radius 2 is 2.27 bits per heavy atom. The molecule has 3 nitrogen and oxygen atoms in total. The zero-order chi connectivity index (χ0) is 10.3. The molecule has 1 atom stereocenters. The van der Waals surface area contributed by atoms with Gasteiger partial charge in [0.1, 0.15) is 0 Å². The molecular weight excluding hydrogens is 206 g/mol. The normalized spacial score (nSPS) is 34.3. The molecule has 15 heavy (non-hydrogen) atoms. The maximum Gasteiger partial charge on any atom is 0.183 e. The van der Waals surface area contributed by atoms with E-state index in [0.29, 0.717) is 6.04 Å². The van der Waals surface area contributed by atoms with E-state index in [4.69, 9.17) is 0 Å². The van der Waals surface area contributed by atoms with E-state index in [2.05, 4.69) is 27.5 Å². The molecule has 82 valence electrons. The van der Waals surface area contributed by atoms with Crippen molar-refractivity contribution in [1.82, 2.24) is 9.88 Å². The lowest BCUT2D eigenvalue weighted by atomic mass is 9.84. The second-order valence-corrected chi connectivity index (χ2v) is 5.54. The van der Waals surface area contributed by atoms with Gasteiger partial charge < -0.3 is 10.2 Å². The number of fused-ring (bicyclic) bond motifs is 3. The average Bonchev–Trinajstić information content (AvgIpc) is 2.66. The van der Waals surface area contributed by atoms with Gasteiger partial charge in [0.15, 0.2) is 5.13 Å². The molecule has 4 heteroatoms. The van der Waals surface area contributed by atoms with Gasteiger partial charge in [-0.2, -0.15) is 0 Å². The summed E-state index contributed by atoms with van der Waals surface area (Å²) in [5.41, 5.74) is 1.13. The van der Waals surface area contributed by atoms with Crippen LogP contribution in [-0.2, 0) is 0 Å². The van der Waals surface area contributed by atoms with Crippen LogP contribution < -0.4 is 5.32 Å². The van der Waals surface area contributed by atoms with Gasteiger partial charge in [0.05, 0.1) is 5.69 Å². The molecule has 1 N–H and O–H groups in total. The molecule has 4 heterocycles. The molecule has 3 aliphatic rings. The molecule has 0 aliphatic carbocycles. The highest BCUT2D eigenvalue weighted by Crippen LogP contribution is 2.30. The smallest absolute Gasteiger partial charge is 0.183 e. The summed E-state index contributed by atoms with van der Waals surface area (Å²) in [6, 6.07) is 0.637. The summed E-state index contributed by atoms with van der Waals surface area (Å²) in [6.45, 7) is 5.88. The van der Waals surface area contributed by atoms with Crippen LogP contribution in [0.15, 0.2) is 5.38 Å². The number of piperidine rings is 3. The Labute approximate surface area is 94.5 Å². The molecule has 1 aromatic heterocycles. The molecule has 0 aromatic carbocycles. The number of anilines is 1. The summed E-state index contributed by atoms with van der Waals surface area (Å²) >= 11 is 1.73. The molecule has 0 amide bonds. The number of hydrogen-bond donors (Lipinski definition) is 1. The number of nitrogens with one attached hydrogen (secondary N) is 1. The summed E-state index contributed by atoms with van der Waals surface area (Å²) in [6.07, 6.45) is 2.73. The van der Waals surface area contributed by atoms with E-state index in [0.717, 1.165) is 16.7 Å². The molecule has 3 fully saturated rings. The average molecular weight is 223 g/mol. The summed E-state index contributed by atoms with van der Waals surface area (Å²) < 4.78 is 0. The molecule has 1 aromatic rings. The lowest BCUT2D eigenvalue weighted by Gasteiger charge is -2.44. The van der Waals surface area contributed by atoms with E-state index in [-0.39, 0.29) is 0 Å². The molecule has 0 spiro atoms. The number of thiazole rings is 1. The highest BCUT2D eigenvalue weighted by molar-refractivity contribution is 7.13. The van der Waals surface area contributed by atoms with Crippen LogP contribution in [0.2, 0.25) is 0 Å². The second kappa shape index (κ2) is 3.76. The van der Waals surface area contributed by atoms with Crippen molar-refractivity contribution >= 4 is 16.5 Å². The molecule has 4 rings (SSSR count). The van der Waals surface area contributed by atoms with Crippen molar-refractivity contribution in [3.05, 3.63) is 11.1 Å². The summed E-state index contributed by atoms with van der Waals surface area (Å²) in [5, 5.41) is 6.82. The van der Waals surface area contributed by atoms with Gasteiger partial charge in [-0.3, -0.25) is 0 Å². The first kappa shape index (κ1) is 9.60. The van der Waals surface area contributed by atoms with Crippen LogP contribution in [0.3, 0.4) is 0 Å². The third kappa shape index (κ3) is 1.88. The van der Waals surface area contributed by atoms with Gasteiger partial charge in [0.25, 0.3) is 0 Å². The van der Waals surface area contributed by atoms with Crippen molar-refractivity contribution in [3.63, 3.8) is 0 Å². The Kier molecular flexibility index (Phi) is 2.41. The van der Waals surface area contributed by atoms with Crippen molar-refractivity contribution in [3.8, 4) is 0 Å². The highest BCUT2D eigenvalue weighted by atomic mass is 32.1. The maximum atomic E-state index is 4.48. The zero-order valence-corrected chi connectivity index (χ0v) is 9.89. The van der Waals surface area contributed by atoms with Crippen LogP contribution in [0.5, 0.6) is 0 Å². The van der Waals surface area contributed by atoms with Crippen molar-refractivity contribution < 1.29 is 0 Å². The van der Waals surface area contributed by atoms with Crippen molar-refractivity contribution in [1.29, 1.82) is 0 Å². The number of nitrogens with zero attached hydrogens (tertiary/aromatic N) is 2. The molecular formula is C11H17N3S. The van der Waals surface area contributed by atoms with Crippen molar-refractivity contribution in [2.24, 2.45) is 5.92 Å². The lowest BCUT2D eigenvalue weighted by Crippen LogP contribution is -2.53. The van der Waals surface area contributed by atoms with Crippen LogP contribution in [0.1, 0.15) is 18.5 Å². The minimum Gasteiger partial charge on any atom is -0.357 e. The number of rotatable bonds is 2. The van der Waals surface area contributed by atoms with E-state index in [1.54, 1.807) is 11.3 Å². The molecule has 0 radical (unpaired) electrons. The molecule has 1 unspecified atom stereocenters. The number of aromatic nitrogens is 1. The maximum absolute atomic E-state index is 4.48. The Hall–Kier alpha value is -0.610. The van der Waals surface area contributed by atoms with Gasteiger partial charge in [-0.1, -0.05) is 0 Å². The minimum absolute atomic E-state index is 0.637. The largest absolute Gasteiger partial charge is 0.357 e. The second-order valence-electron chi connectivity index (χ2n) is 4.68. The molecule has 3 saturated heterocycles. The van der Waals surface area contributed by atoms with E-state index in [1.165, 1.54) is 32.5 Å². The quantitative estimate of drug-likeness (QED) is 0.830. The Morgan fingerprint density at radius 3 is 2.80 bits per heavy atom. The monoisotopic (exact) mass is 223 g/mol. The van der Waals surface area contributed by atoms with E-state index >= 15 is 0 Å². The van der Waals surface area contributed by atoms with Gasteiger partial charge >= 0.3 is 0 Å². The standard InChI is InChI=1S/C11H17N3S/c1-8-7-15-11(12-8)13-10-6-14-4-2-9(10)3-5-14/h7,9-10H,2-6H2,1H3,(H,12,13). The third-order valence-electron chi connectivity index (χ3n) is 3.58. The minimum atomic E-state index is 0.637. The van der Waals surface area contributed by atoms with Gasteiger partial charge in [0, 0.05) is 18.0 Å². The topological polar surface area (TPSA) is 28.2 Å². The zero-order valence-electron chi connectivity index (χ0n) is 9.07. The van der Waals surface area contributed by atoms with Crippen LogP contribution in [0, 0.1) is 12.8 Å². The summed E-state index contributed by atoms with van der Waals surface area (Å²) in [7, 11) is 0. The Balaban J connectivity index is 1.68. The fraction of sp³-hybridized carbons (Fsp3) is 0.727. The van der Waals surface area contributed by atoms with Gasteiger partial charge in [0.2, 0.25) is 0 Å². The Bertz CT molecular complexity index is 341. The third-order valence-corrected chi connectivity index (χ3v) is 4.48. The highest BCUT2D eigenvalue weighted by Gasteiger charge is 2.34. The fourth-order valence-electron chi connectivity index (χ4n) is 2.71. The molecule has 0 saturated carbocycles. The number of hydrogen-bond acceptors (Lipinski definition) is 4. The van der Waals surface area contributed by atoms with E-state index in [1.807, 2.05) is 0 Å². The first-order valence-corrected chi connectivity index (χ1v) is 6.60. The van der Waals surface area contributed by atoms with Gasteiger partial charge in [-0.15, -0.1) is 11.3 Å². The van der Waals surface area contributed by atoms with Crippen LogP contribution in [0.25, 0.3) is 0 Å². The molecule has 2 bridgehead atoms. The predicted molar refractivity (Wildman–Crippen MR) is 63.4 cm³/mol. The summed E-state index contributed by atoms with van der Waals surface area (Å²) in [4.78, 5) is 7.04. The predicted octanol–water partition coefficient (Wildman–Crippen LogP) is 1.96. The van der Waals surface area contributed by atoms with E-state index in [9.17, 15) is 0 Å². The first-order valence-electron chi connectivity index (χ1n) is 5.72. The summed E-state index contributed by atoms with van der Waals surface area (Å²) in [5.74, 6) is 0.874. The van der Waals surface area contributed by atoms with Crippen LogP contribution in [0.4, 0.5) is 5.13 Å². The van der Waals surface area contributed by atoms with Crippen LogP contribution in [-0.4, -0.2) is 35.6 Å². The van der Waals surface area contributed by atoms with Crippen LogP contribution >= 0.6 is 11.3 Å². The fourth-order valence-corrected chi connectivity index (χ4v) is 3.46. The SMILES string of the molecule is Cc1csc(NC2CN3CCC2CC3)n1. The van der Waals surface area contributed by atoms with E-state index < -0.39 is 0 Å². The molecule has 3 aliphatic heterocycles.